The topological polar surface area (TPSA) is 125 Å². The van der Waals surface area contributed by atoms with Crippen LogP contribution in [0.25, 0.3) is 0 Å². The number of carbonyl (C=O) groups is 4. The maximum Gasteiger partial charge on any atom is 0.335 e. The van der Waals surface area contributed by atoms with Crippen LogP contribution in [0.1, 0.15) is 18.9 Å². The largest absolute Gasteiger partial charge is 0.460 e. The summed E-state index contributed by atoms with van der Waals surface area (Å²) < 4.78 is 9.80. The molecule has 1 aromatic rings. The zero-order chi connectivity index (χ0) is 17.0. The van der Waals surface area contributed by atoms with Crippen molar-refractivity contribution in [1.82, 2.24) is 5.32 Å². The van der Waals surface area contributed by atoms with Crippen LogP contribution in [0, 0.1) is 5.41 Å². The molecule has 1 aliphatic rings. The van der Waals surface area contributed by atoms with E-state index in [1.165, 1.54) is 6.92 Å². The minimum atomic E-state index is -2.35. The van der Waals surface area contributed by atoms with E-state index < -0.39 is 41.8 Å². The van der Waals surface area contributed by atoms with Crippen LogP contribution in [0.4, 0.5) is 0 Å². The van der Waals surface area contributed by atoms with Crippen molar-refractivity contribution in [2.45, 2.75) is 26.2 Å². The quantitative estimate of drug-likeness (QED) is 0.327. The van der Waals surface area contributed by atoms with Crippen molar-refractivity contribution in [2.24, 2.45) is 11.1 Å². The molecule has 2 rings (SSSR count). The fraction of sp³-hybridized carbons (Fsp3) is 0.333. The standard InChI is InChI=1S/C15H16N2O6/c1-9(16)23-14(21)15(7-11(18)17-12(15)19)13(20)22-8-10-5-3-2-4-6-10/h2-6,9H,7-8,16H2,1H3,(H,17,18,19). The van der Waals surface area contributed by atoms with Gasteiger partial charge < -0.3 is 9.47 Å². The van der Waals surface area contributed by atoms with Crippen molar-refractivity contribution in [3.05, 3.63) is 35.9 Å². The molecule has 1 aromatic carbocycles. The molecule has 8 nitrogen and oxygen atoms in total. The number of hydrogen-bond acceptors (Lipinski definition) is 7. The molecule has 8 heteroatoms. The van der Waals surface area contributed by atoms with Crippen molar-refractivity contribution in [3.63, 3.8) is 0 Å². The number of nitrogens with two attached hydrogens (primary N) is 1. The Labute approximate surface area is 131 Å². The Morgan fingerprint density at radius 2 is 1.91 bits per heavy atom. The van der Waals surface area contributed by atoms with Gasteiger partial charge in [-0.25, -0.2) is 0 Å². The highest BCUT2D eigenvalue weighted by molar-refractivity contribution is 6.27. The first-order valence-corrected chi connectivity index (χ1v) is 6.88. The Morgan fingerprint density at radius 1 is 1.26 bits per heavy atom. The van der Waals surface area contributed by atoms with E-state index in [4.69, 9.17) is 15.2 Å². The summed E-state index contributed by atoms with van der Waals surface area (Å²) >= 11 is 0. The van der Waals surface area contributed by atoms with Crippen LogP contribution >= 0.6 is 0 Å². The molecule has 3 N–H and O–H groups in total. The van der Waals surface area contributed by atoms with E-state index in [1.54, 1.807) is 30.3 Å². The lowest BCUT2D eigenvalue weighted by atomic mass is 9.86. The molecule has 0 saturated carbocycles. The molecule has 0 aromatic heterocycles. The predicted molar refractivity (Wildman–Crippen MR) is 76.2 cm³/mol. The Hall–Kier alpha value is -2.74. The first-order chi connectivity index (χ1) is 10.9. The van der Waals surface area contributed by atoms with E-state index in [2.05, 4.69) is 0 Å². The average molecular weight is 320 g/mol. The highest BCUT2D eigenvalue weighted by atomic mass is 16.6. The number of ether oxygens (including phenoxy) is 2. The Morgan fingerprint density at radius 3 is 2.43 bits per heavy atom. The van der Waals surface area contributed by atoms with Crippen molar-refractivity contribution >= 4 is 23.8 Å². The molecule has 1 heterocycles. The van der Waals surface area contributed by atoms with Crippen LogP contribution in [0.15, 0.2) is 30.3 Å². The van der Waals surface area contributed by atoms with Crippen molar-refractivity contribution < 1.29 is 28.7 Å². The Bertz CT molecular complexity index is 643. The highest BCUT2D eigenvalue weighted by Gasteiger charge is 2.61. The predicted octanol–water partition coefficient (Wildman–Crippen LogP) is -0.389. The summed E-state index contributed by atoms with van der Waals surface area (Å²) in [6, 6.07) is 8.69. The maximum atomic E-state index is 12.3. The Balaban J connectivity index is 2.20. The van der Waals surface area contributed by atoms with Gasteiger partial charge in [0.05, 0.1) is 6.42 Å². The summed E-state index contributed by atoms with van der Waals surface area (Å²) in [4.78, 5) is 48.0. The molecule has 0 aliphatic carbocycles. The minimum absolute atomic E-state index is 0.144. The van der Waals surface area contributed by atoms with Gasteiger partial charge in [-0.3, -0.25) is 30.2 Å². The van der Waals surface area contributed by atoms with Gasteiger partial charge in [-0.05, 0) is 12.5 Å². The van der Waals surface area contributed by atoms with Crippen LogP contribution in [-0.2, 0) is 35.3 Å². The third kappa shape index (κ3) is 3.37. The maximum absolute atomic E-state index is 12.3. The van der Waals surface area contributed by atoms with Crippen LogP contribution in [0.2, 0.25) is 0 Å². The second kappa shape index (κ2) is 6.57. The number of nitrogens with one attached hydrogen (secondary N) is 1. The van der Waals surface area contributed by atoms with E-state index in [0.717, 1.165) is 0 Å². The third-order valence-electron chi connectivity index (χ3n) is 3.27. The molecule has 1 fully saturated rings. The summed E-state index contributed by atoms with van der Waals surface area (Å²) in [5.74, 6) is -4.16. The van der Waals surface area contributed by atoms with Crippen LogP contribution in [-0.4, -0.2) is 30.0 Å². The van der Waals surface area contributed by atoms with Gasteiger partial charge in [0.2, 0.25) is 5.91 Å². The molecule has 23 heavy (non-hydrogen) atoms. The van der Waals surface area contributed by atoms with E-state index in [0.29, 0.717) is 5.56 Å². The van der Waals surface area contributed by atoms with Crippen LogP contribution < -0.4 is 11.1 Å². The van der Waals surface area contributed by atoms with Crippen molar-refractivity contribution in [3.8, 4) is 0 Å². The number of carbonyl (C=O) groups excluding carboxylic acids is 4. The monoisotopic (exact) mass is 320 g/mol. The molecule has 122 valence electrons. The zero-order valence-corrected chi connectivity index (χ0v) is 12.4. The van der Waals surface area contributed by atoms with Gasteiger partial charge in [0.1, 0.15) is 12.8 Å². The summed E-state index contributed by atoms with van der Waals surface area (Å²) in [7, 11) is 0. The number of benzene rings is 1. The molecule has 2 atom stereocenters. The lowest BCUT2D eigenvalue weighted by Gasteiger charge is -2.22. The number of hydrogen-bond donors (Lipinski definition) is 2. The number of rotatable bonds is 5. The van der Waals surface area contributed by atoms with E-state index in [-0.39, 0.29) is 6.61 Å². The second-order valence-corrected chi connectivity index (χ2v) is 5.13. The first kappa shape index (κ1) is 16.6. The van der Waals surface area contributed by atoms with Gasteiger partial charge in [-0.2, -0.15) is 0 Å². The smallest absolute Gasteiger partial charge is 0.335 e. The van der Waals surface area contributed by atoms with Gasteiger partial charge >= 0.3 is 11.9 Å². The molecular formula is C15H16N2O6. The fourth-order valence-corrected chi connectivity index (χ4v) is 2.13. The van der Waals surface area contributed by atoms with Crippen LogP contribution in [0.5, 0.6) is 0 Å². The summed E-state index contributed by atoms with van der Waals surface area (Å²) in [5, 5.41) is 1.92. The van der Waals surface area contributed by atoms with Gasteiger partial charge in [0.15, 0.2) is 0 Å². The van der Waals surface area contributed by atoms with E-state index in [1.807, 2.05) is 5.32 Å². The second-order valence-electron chi connectivity index (χ2n) is 5.13. The fourth-order valence-electron chi connectivity index (χ4n) is 2.13. The normalized spacial score (nSPS) is 21.5. The van der Waals surface area contributed by atoms with Crippen LogP contribution in [0.3, 0.4) is 0 Å². The molecule has 0 spiro atoms. The Kier molecular flexibility index (Phi) is 4.75. The molecular weight excluding hydrogens is 304 g/mol. The average Bonchev–Trinajstić information content (AvgIpc) is 2.81. The van der Waals surface area contributed by atoms with Gasteiger partial charge in [-0.15, -0.1) is 0 Å². The third-order valence-corrected chi connectivity index (χ3v) is 3.27. The van der Waals surface area contributed by atoms with Gasteiger partial charge in [0, 0.05) is 0 Å². The number of esters is 2. The molecule has 2 amide bonds. The van der Waals surface area contributed by atoms with Gasteiger partial charge in [-0.1, -0.05) is 30.3 Å². The SMILES string of the molecule is CC(N)OC(=O)C1(C(=O)OCc2ccccc2)CC(=O)NC1=O. The number of imide groups is 1. The molecule has 2 unspecified atom stereocenters. The molecule has 1 aliphatic heterocycles. The van der Waals surface area contributed by atoms with Crippen molar-refractivity contribution in [1.29, 1.82) is 0 Å². The summed E-state index contributed by atoms with van der Waals surface area (Å²) in [6.45, 7) is 1.21. The first-order valence-electron chi connectivity index (χ1n) is 6.88. The lowest BCUT2D eigenvalue weighted by Crippen LogP contribution is -2.49. The molecule has 0 bridgehead atoms. The minimum Gasteiger partial charge on any atom is -0.460 e. The number of amides is 2. The zero-order valence-electron chi connectivity index (χ0n) is 12.4. The lowest BCUT2D eigenvalue weighted by molar-refractivity contribution is -0.177. The molecule has 1 saturated heterocycles. The highest BCUT2D eigenvalue weighted by Crippen LogP contribution is 2.31. The van der Waals surface area contributed by atoms with Gasteiger partial charge in [0.25, 0.3) is 11.3 Å². The van der Waals surface area contributed by atoms with Crippen molar-refractivity contribution in [2.75, 3.05) is 0 Å². The summed E-state index contributed by atoms with van der Waals surface area (Å²) in [5.41, 5.74) is 3.67. The van der Waals surface area contributed by atoms with E-state index in [9.17, 15) is 19.2 Å². The van der Waals surface area contributed by atoms with E-state index >= 15 is 0 Å². The summed E-state index contributed by atoms with van der Waals surface area (Å²) in [6.07, 6.45) is -1.70. The molecule has 0 radical (unpaired) electrons.